The standard InChI is InChI=1S/C14H28N2/c1-13(2,3)11-9-15(7)10-16(8)12(11)14(4,5)6/h9-10H2,1-8H3. The minimum Gasteiger partial charge on any atom is -0.364 e. The first-order valence-corrected chi connectivity index (χ1v) is 6.17. The molecule has 2 nitrogen and oxygen atoms in total. The molecule has 94 valence electrons. The molecule has 0 unspecified atom stereocenters. The average Bonchev–Trinajstić information content (AvgIpc) is 1.97. The largest absolute Gasteiger partial charge is 0.364 e. The van der Waals surface area contributed by atoms with Gasteiger partial charge in [-0.15, -0.1) is 0 Å². The van der Waals surface area contributed by atoms with E-state index in [2.05, 4.69) is 65.4 Å². The van der Waals surface area contributed by atoms with Crippen LogP contribution in [0.1, 0.15) is 41.5 Å². The Kier molecular flexibility index (Phi) is 3.45. The molecule has 0 bridgehead atoms. The third-order valence-corrected chi connectivity index (χ3v) is 3.16. The second kappa shape index (κ2) is 4.06. The highest BCUT2D eigenvalue weighted by atomic mass is 15.3. The molecule has 0 saturated carbocycles. The average molecular weight is 224 g/mol. The van der Waals surface area contributed by atoms with Crippen molar-refractivity contribution in [1.82, 2.24) is 9.80 Å². The predicted molar refractivity (Wildman–Crippen MR) is 71.2 cm³/mol. The first-order valence-electron chi connectivity index (χ1n) is 6.17. The van der Waals surface area contributed by atoms with Crippen LogP contribution in [-0.2, 0) is 0 Å². The molecule has 0 fully saturated rings. The van der Waals surface area contributed by atoms with E-state index >= 15 is 0 Å². The normalized spacial score (nSPS) is 20.6. The molecule has 0 radical (unpaired) electrons. The molecule has 0 aromatic rings. The van der Waals surface area contributed by atoms with Crippen molar-refractivity contribution in [3.05, 3.63) is 11.3 Å². The first kappa shape index (κ1) is 13.6. The lowest BCUT2D eigenvalue weighted by molar-refractivity contribution is 0.152. The Morgan fingerprint density at radius 3 is 1.75 bits per heavy atom. The molecule has 1 aliphatic heterocycles. The van der Waals surface area contributed by atoms with Gasteiger partial charge in [-0.05, 0) is 18.0 Å². The fourth-order valence-electron chi connectivity index (χ4n) is 2.68. The van der Waals surface area contributed by atoms with Crippen LogP contribution in [0.2, 0.25) is 0 Å². The fraction of sp³-hybridized carbons (Fsp3) is 0.857. The Balaban J connectivity index is 3.28. The molecular weight excluding hydrogens is 196 g/mol. The van der Waals surface area contributed by atoms with E-state index in [0.29, 0.717) is 0 Å². The van der Waals surface area contributed by atoms with Gasteiger partial charge in [-0.25, -0.2) is 0 Å². The summed E-state index contributed by atoms with van der Waals surface area (Å²) in [5, 5.41) is 0. The number of likely N-dealkylation sites (N-methyl/N-ethyl adjacent to an activating group) is 1. The van der Waals surface area contributed by atoms with Crippen LogP contribution in [0.3, 0.4) is 0 Å². The van der Waals surface area contributed by atoms with Gasteiger partial charge in [0.05, 0.1) is 6.67 Å². The van der Waals surface area contributed by atoms with Crippen LogP contribution in [0, 0.1) is 10.8 Å². The van der Waals surface area contributed by atoms with Crippen LogP contribution < -0.4 is 0 Å². The maximum Gasteiger partial charge on any atom is 0.0701 e. The fourth-order valence-corrected chi connectivity index (χ4v) is 2.68. The summed E-state index contributed by atoms with van der Waals surface area (Å²) in [5.74, 6) is 0. The first-order chi connectivity index (χ1) is 7.03. The van der Waals surface area contributed by atoms with E-state index in [4.69, 9.17) is 0 Å². The molecule has 0 aromatic heterocycles. The van der Waals surface area contributed by atoms with Crippen molar-refractivity contribution < 1.29 is 0 Å². The lowest BCUT2D eigenvalue weighted by Crippen LogP contribution is -2.45. The highest BCUT2D eigenvalue weighted by Gasteiger charge is 2.33. The summed E-state index contributed by atoms with van der Waals surface area (Å²) >= 11 is 0. The Hall–Kier alpha value is -0.500. The van der Waals surface area contributed by atoms with Crippen molar-refractivity contribution in [1.29, 1.82) is 0 Å². The molecule has 0 atom stereocenters. The zero-order chi connectivity index (χ0) is 12.7. The van der Waals surface area contributed by atoms with Crippen molar-refractivity contribution in [2.75, 3.05) is 27.3 Å². The SMILES string of the molecule is CN1CC(C(C)(C)C)=C(C(C)(C)C)N(C)C1. The summed E-state index contributed by atoms with van der Waals surface area (Å²) < 4.78 is 0. The summed E-state index contributed by atoms with van der Waals surface area (Å²) in [4.78, 5) is 4.79. The molecule has 0 N–H and O–H groups in total. The Morgan fingerprint density at radius 1 is 0.875 bits per heavy atom. The number of hydrogen-bond donors (Lipinski definition) is 0. The van der Waals surface area contributed by atoms with Crippen LogP contribution >= 0.6 is 0 Å². The van der Waals surface area contributed by atoms with Crippen LogP contribution in [0.15, 0.2) is 11.3 Å². The number of nitrogens with zero attached hydrogens (tertiary/aromatic N) is 2. The van der Waals surface area contributed by atoms with Gasteiger partial charge >= 0.3 is 0 Å². The molecule has 0 aromatic carbocycles. The number of rotatable bonds is 0. The van der Waals surface area contributed by atoms with Crippen LogP contribution in [-0.4, -0.2) is 37.1 Å². The Morgan fingerprint density at radius 2 is 1.38 bits per heavy atom. The van der Waals surface area contributed by atoms with E-state index in [9.17, 15) is 0 Å². The quantitative estimate of drug-likeness (QED) is 0.623. The van der Waals surface area contributed by atoms with Crippen molar-refractivity contribution >= 4 is 0 Å². The minimum atomic E-state index is 0.235. The van der Waals surface area contributed by atoms with Crippen LogP contribution in [0.5, 0.6) is 0 Å². The summed E-state index contributed by atoms with van der Waals surface area (Å²) in [5.41, 5.74) is 3.60. The van der Waals surface area contributed by atoms with Crippen molar-refractivity contribution in [2.24, 2.45) is 10.8 Å². The van der Waals surface area contributed by atoms with Gasteiger partial charge in [-0.2, -0.15) is 0 Å². The van der Waals surface area contributed by atoms with Crippen molar-refractivity contribution in [3.8, 4) is 0 Å². The molecular formula is C14H28N2. The Labute approximate surface area is 101 Å². The smallest absolute Gasteiger partial charge is 0.0701 e. The molecule has 0 amide bonds. The zero-order valence-corrected chi connectivity index (χ0v) is 12.3. The van der Waals surface area contributed by atoms with E-state index in [1.54, 1.807) is 5.57 Å². The molecule has 0 aliphatic carbocycles. The third kappa shape index (κ3) is 2.79. The molecule has 2 heteroatoms. The highest BCUT2D eigenvalue weighted by molar-refractivity contribution is 5.27. The van der Waals surface area contributed by atoms with Gasteiger partial charge < -0.3 is 4.90 Å². The van der Waals surface area contributed by atoms with E-state index < -0.39 is 0 Å². The second-order valence-electron chi connectivity index (χ2n) is 7.18. The van der Waals surface area contributed by atoms with Gasteiger partial charge in [0, 0.05) is 24.7 Å². The maximum absolute atomic E-state index is 2.41. The van der Waals surface area contributed by atoms with E-state index in [1.165, 1.54) is 5.70 Å². The van der Waals surface area contributed by atoms with Gasteiger partial charge in [0.25, 0.3) is 0 Å². The third-order valence-electron chi connectivity index (χ3n) is 3.16. The van der Waals surface area contributed by atoms with Gasteiger partial charge in [0.15, 0.2) is 0 Å². The molecule has 16 heavy (non-hydrogen) atoms. The minimum absolute atomic E-state index is 0.235. The zero-order valence-electron chi connectivity index (χ0n) is 12.3. The molecule has 1 heterocycles. The Bertz CT molecular complexity index is 289. The molecule has 1 rings (SSSR count). The lowest BCUT2D eigenvalue weighted by atomic mass is 9.77. The summed E-state index contributed by atoms with van der Waals surface area (Å²) in [6.07, 6.45) is 0. The topological polar surface area (TPSA) is 6.48 Å². The van der Waals surface area contributed by atoms with Gasteiger partial charge in [0.1, 0.15) is 0 Å². The highest BCUT2D eigenvalue weighted by Crippen LogP contribution is 2.40. The van der Waals surface area contributed by atoms with Crippen LogP contribution in [0.25, 0.3) is 0 Å². The summed E-state index contributed by atoms with van der Waals surface area (Å²) in [6.45, 7) is 16.0. The summed E-state index contributed by atoms with van der Waals surface area (Å²) in [6, 6.07) is 0. The molecule has 0 saturated heterocycles. The van der Waals surface area contributed by atoms with Crippen molar-refractivity contribution in [3.63, 3.8) is 0 Å². The summed E-state index contributed by atoms with van der Waals surface area (Å²) in [7, 11) is 4.41. The van der Waals surface area contributed by atoms with Gasteiger partial charge in [-0.1, -0.05) is 41.5 Å². The van der Waals surface area contributed by atoms with E-state index in [0.717, 1.165) is 13.2 Å². The molecule has 1 aliphatic rings. The number of allylic oxidation sites excluding steroid dienone is 1. The van der Waals surface area contributed by atoms with Crippen molar-refractivity contribution in [2.45, 2.75) is 41.5 Å². The maximum atomic E-state index is 2.41. The monoisotopic (exact) mass is 224 g/mol. The van der Waals surface area contributed by atoms with Gasteiger partial charge in [0.2, 0.25) is 0 Å². The number of hydrogen-bond acceptors (Lipinski definition) is 2. The van der Waals surface area contributed by atoms with E-state index in [-0.39, 0.29) is 10.8 Å². The van der Waals surface area contributed by atoms with Gasteiger partial charge in [-0.3, -0.25) is 4.90 Å². The second-order valence-corrected chi connectivity index (χ2v) is 7.18. The lowest BCUT2D eigenvalue weighted by Gasteiger charge is -2.45. The van der Waals surface area contributed by atoms with Crippen LogP contribution in [0.4, 0.5) is 0 Å². The van der Waals surface area contributed by atoms with E-state index in [1.807, 2.05) is 0 Å². The molecule has 0 spiro atoms. The predicted octanol–water partition coefficient (Wildman–Crippen LogP) is 3.17.